The number of rotatable bonds is 2. The van der Waals surface area contributed by atoms with Gasteiger partial charge in [0.25, 0.3) is 5.91 Å². The molecule has 1 unspecified atom stereocenters. The third-order valence-electron chi connectivity index (χ3n) is 2.90. The highest BCUT2D eigenvalue weighted by Gasteiger charge is 2.23. The molecule has 1 aliphatic heterocycles. The van der Waals surface area contributed by atoms with Crippen molar-refractivity contribution in [1.29, 1.82) is 0 Å². The van der Waals surface area contributed by atoms with Crippen LogP contribution in [0.2, 0.25) is 0 Å². The first-order chi connectivity index (χ1) is 7.56. The Morgan fingerprint density at radius 1 is 1.56 bits per heavy atom. The van der Waals surface area contributed by atoms with Gasteiger partial charge in [-0.2, -0.15) is 0 Å². The van der Waals surface area contributed by atoms with Gasteiger partial charge in [-0.05, 0) is 33.0 Å². The van der Waals surface area contributed by atoms with Gasteiger partial charge >= 0.3 is 0 Å². The topological polar surface area (TPSA) is 72.1 Å². The van der Waals surface area contributed by atoms with Crippen molar-refractivity contribution in [2.75, 3.05) is 20.1 Å². The van der Waals surface area contributed by atoms with Gasteiger partial charge in [0.05, 0.1) is 0 Å². The SMILES string of the molecule is Cc1cc(C2CCN(C)C2)nc(C(N)=O)n1. The number of carbonyl (C=O) groups is 1. The minimum atomic E-state index is -0.559. The molecule has 5 heteroatoms. The van der Waals surface area contributed by atoms with E-state index in [1.165, 1.54) is 0 Å². The zero-order chi connectivity index (χ0) is 11.7. The molecule has 0 aliphatic carbocycles. The van der Waals surface area contributed by atoms with Crippen LogP contribution in [-0.4, -0.2) is 40.9 Å². The summed E-state index contributed by atoms with van der Waals surface area (Å²) in [5, 5.41) is 0. The highest BCUT2D eigenvalue weighted by atomic mass is 16.1. The molecule has 1 aromatic rings. The van der Waals surface area contributed by atoms with E-state index in [0.29, 0.717) is 5.92 Å². The second-order valence-corrected chi connectivity index (χ2v) is 4.37. The van der Waals surface area contributed by atoms with Crippen LogP contribution in [0.5, 0.6) is 0 Å². The van der Waals surface area contributed by atoms with Crippen LogP contribution >= 0.6 is 0 Å². The maximum atomic E-state index is 11.1. The minimum Gasteiger partial charge on any atom is -0.363 e. The molecule has 0 saturated carbocycles. The van der Waals surface area contributed by atoms with Gasteiger partial charge in [0, 0.05) is 23.9 Å². The van der Waals surface area contributed by atoms with E-state index >= 15 is 0 Å². The molecule has 0 spiro atoms. The van der Waals surface area contributed by atoms with E-state index in [9.17, 15) is 4.79 Å². The van der Waals surface area contributed by atoms with Gasteiger partial charge in [-0.25, -0.2) is 9.97 Å². The van der Waals surface area contributed by atoms with E-state index in [1.54, 1.807) is 0 Å². The first kappa shape index (κ1) is 11.0. The smallest absolute Gasteiger partial charge is 0.286 e. The lowest BCUT2D eigenvalue weighted by Crippen LogP contribution is -2.19. The number of likely N-dealkylation sites (tertiary alicyclic amines) is 1. The van der Waals surface area contributed by atoms with Crippen LogP contribution in [-0.2, 0) is 0 Å². The zero-order valence-corrected chi connectivity index (χ0v) is 9.60. The van der Waals surface area contributed by atoms with Crippen LogP contribution in [0.15, 0.2) is 6.07 Å². The normalized spacial score (nSPS) is 21.2. The highest BCUT2D eigenvalue weighted by Crippen LogP contribution is 2.24. The summed E-state index contributed by atoms with van der Waals surface area (Å²) in [5.74, 6) is -0.0364. The van der Waals surface area contributed by atoms with E-state index in [2.05, 4.69) is 21.9 Å². The first-order valence-corrected chi connectivity index (χ1v) is 5.40. The number of hydrogen-bond acceptors (Lipinski definition) is 4. The fourth-order valence-electron chi connectivity index (χ4n) is 2.09. The van der Waals surface area contributed by atoms with Gasteiger partial charge in [-0.3, -0.25) is 4.79 Å². The quantitative estimate of drug-likeness (QED) is 0.778. The minimum absolute atomic E-state index is 0.129. The van der Waals surface area contributed by atoms with Crippen molar-refractivity contribution in [3.63, 3.8) is 0 Å². The number of nitrogens with zero attached hydrogens (tertiary/aromatic N) is 3. The number of aryl methyl sites for hydroxylation is 1. The molecule has 16 heavy (non-hydrogen) atoms. The Morgan fingerprint density at radius 3 is 2.88 bits per heavy atom. The maximum Gasteiger partial charge on any atom is 0.286 e. The number of primary amides is 1. The van der Waals surface area contributed by atoms with Crippen LogP contribution in [0.25, 0.3) is 0 Å². The maximum absolute atomic E-state index is 11.1. The van der Waals surface area contributed by atoms with Gasteiger partial charge in [-0.1, -0.05) is 0 Å². The summed E-state index contributed by atoms with van der Waals surface area (Å²) >= 11 is 0. The van der Waals surface area contributed by atoms with Gasteiger partial charge in [0.2, 0.25) is 5.82 Å². The number of nitrogens with two attached hydrogens (primary N) is 1. The lowest BCUT2D eigenvalue weighted by atomic mass is 10.0. The van der Waals surface area contributed by atoms with Crippen LogP contribution in [0, 0.1) is 6.92 Å². The Bertz CT molecular complexity index is 418. The molecular weight excluding hydrogens is 204 g/mol. The van der Waals surface area contributed by atoms with Gasteiger partial charge < -0.3 is 10.6 Å². The van der Waals surface area contributed by atoms with E-state index < -0.39 is 5.91 Å². The number of amides is 1. The van der Waals surface area contributed by atoms with Crippen molar-refractivity contribution >= 4 is 5.91 Å². The molecule has 86 valence electrons. The van der Waals surface area contributed by atoms with Crippen molar-refractivity contribution in [3.8, 4) is 0 Å². The standard InChI is InChI=1S/C11H16N4O/c1-7-5-9(8-3-4-15(2)6-8)14-11(13-7)10(12)16/h5,8H,3-4,6H2,1-2H3,(H2,12,16). The number of aromatic nitrogens is 2. The molecule has 0 aromatic carbocycles. The Morgan fingerprint density at radius 2 is 2.31 bits per heavy atom. The molecule has 5 nitrogen and oxygen atoms in total. The molecule has 2 rings (SSSR count). The highest BCUT2D eigenvalue weighted by molar-refractivity contribution is 5.88. The van der Waals surface area contributed by atoms with Crippen molar-refractivity contribution in [2.45, 2.75) is 19.3 Å². The van der Waals surface area contributed by atoms with Crippen LogP contribution in [0.3, 0.4) is 0 Å². The van der Waals surface area contributed by atoms with Crippen molar-refractivity contribution in [3.05, 3.63) is 23.3 Å². The van der Waals surface area contributed by atoms with E-state index in [0.717, 1.165) is 30.9 Å². The Labute approximate surface area is 94.7 Å². The zero-order valence-electron chi connectivity index (χ0n) is 9.60. The summed E-state index contributed by atoms with van der Waals surface area (Å²) in [6.07, 6.45) is 1.07. The molecule has 2 heterocycles. The monoisotopic (exact) mass is 220 g/mol. The third-order valence-corrected chi connectivity index (χ3v) is 2.90. The first-order valence-electron chi connectivity index (χ1n) is 5.40. The molecule has 1 aliphatic rings. The van der Waals surface area contributed by atoms with Gasteiger partial charge in [0.1, 0.15) is 0 Å². The van der Waals surface area contributed by atoms with Gasteiger partial charge in [0.15, 0.2) is 0 Å². The summed E-state index contributed by atoms with van der Waals surface area (Å²) < 4.78 is 0. The van der Waals surface area contributed by atoms with E-state index in [-0.39, 0.29) is 5.82 Å². The van der Waals surface area contributed by atoms with Crippen LogP contribution in [0.4, 0.5) is 0 Å². The van der Waals surface area contributed by atoms with E-state index in [1.807, 2.05) is 13.0 Å². The lowest BCUT2D eigenvalue weighted by molar-refractivity contribution is 0.0989. The van der Waals surface area contributed by atoms with Crippen LogP contribution in [0.1, 0.15) is 34.3 Å². The second kappa shape index (κ2) is 4.17. The fourth-order valence-corrected chi connectivity index (χ4v) is 2.09. The molecule has 1 saturated heterocycles. The summed E-state index contributed by atoms with van der Waals surface area (Å²) in [5.41, 5.74) is 6.94. The molecule has 0 radical (unpaired) electrons. The number of hydrogen-bond donors (Lipinski definition) is 1. The molecule has 1 aromatic heterocycles. The summed E-state index contributed by atoms with van der Waals surface area (Å²) in [6.45, 7) is 3.91. The number of likely N-dealkylation sites (N-methyl/N-ethyl adjacent to an activating group) is 1. The lowest BCUT2D eigenvalue weighted by Gasteiger charge is -2.11. The predicted molar refractivity (Wildman–Crippen MR) is 60.1 cm³/mol. The third kappa shape index (κ3) is 2.19. The molecule has 1 fully saturated rings. The van der Waals surface area contributed by atoms with Crippen LogP contribution < -0.4 is 5.73 Å². The molecule has 1 amide bonds. The second-order valence-electron chi connectivity index (χ2n) is 4.37. The largest absolute Gasteiger partial charge is 0.363 e. The van der Waals surface area contributed by atoms with Crippen molar-refractivity contribution in [2.24, 2.45) is 5.73 Å². The summed E-state index contributed by atoms with van der Waals surface area (Å²) in [4.78, 5) is 21.6. The van der Waals surface area contributed by atoms with E-state index in [4.69, 9.17) is 5.73 Å². The number of carbonyl (C=O) groups excluding carboxylic acids is 1. The van der Waals surface area contributed by atoms with Crippen molar-refractivity contribution < 1.29 is 4.79 Å². The molecule has 1 atom stereocenters. The average molecular weight is 220 g/mol. The molecule has 0 bridgehead atoms. The summed E-state index contributed by atoms with van der Waals surface area (Å²) in [6, 6.07) is 1.94. The molecule has 2 N–H and O–H groups in total. The Kier molecular flexibility index (Phi) is 2.87. The average Bonchev–Trinajstić information content (AvgIpc) is 2.64. The summed E-state index contributed by atoms with van der Waals surface area (Å²) in [7, 11) is 2.09. The Hall–Kier alpha value is -1.49. The Balaban J connectivity index is 2.30. The van der Waals surface area contributed by atoms with Crippen molar-refractivity contribution in [1.82, 2.24) is 14.9 Å². The fraction of sp³-hybridized carbons (Fsp3) is 0.545. The predicted octanol–water partition coefficient (Wildman–Crippen LogP) is 0.303. The molecular formula is C11H16N4O. The van der Waals surface area contributed by atoms with Gasteiger partial charge in [-0.15, -0.1) is 0 Å².